The number of nitrogens with zero attached hydrogens (tertiary/aromatic N) is 2. The maximum Gasteiger partial charge on any atom is 0.144 e. The molecule has 0 saturated carbocycles. The molecule has 0 aliphatic heterocycles. The Kier molecular flexibility index (Phi) is 4.85. The Labute approximate surface area is 178 Å². The van der Waals surface area contributed by atoms with Crippen molar-refractivity contribution in [2.75, 3.05) is 5.32 Å². The molecule has 0 fully saturated rings. The second kappa shape index (κ2) is 7.22. The van der Waals surface area contributed by atoms with E-state index in [0.29, 0.717) is 5.69 Å². The van der Waals surface area contributed by atoms with Crippen molar-refractivity contribution >= 4 is 40.1 Å². The van der Waals surface area contributed by atoms with Gasteiger partial charge in [0.25, 0.3) is 0 Å². The number of pyridine rings is 1. The SMILES string of the molecule is C#Cc1ccsc1-c1nc2cc(C(C)(C)C)ccn2c1Nc1ccc(F)c(Cl)c1. The van der Waals surface area contributed by atoms with Crippen LogP contribution >= 0.6 is 22.9 Å². The van der Waals surface area contributed by atoms with E-state index in [-0.39, 0.29) is 10.4 Å². The quantitative estimate of drug-likeness (QED) is 0.364. The van der Waals surface area contributed by atoms with E-state index in [1.807, 2.05) is 22.0 Å². The summed E-state index contributed by atoms with van der Waals surface area (Å²) in [7, 11) is 0. The van der Waals surface area contributed by atoms with E-state index in [4.69, 9.17) is 23.0 Å². The summed E-state index contributed by atoms with van der Waals surface area (Å²) in [6.45, 7) is 6.49. The molecule has 146 valence electrons. The smallest absolute Gasteiger partial charge is 0.144 e. The highest BCUT2D eigenvalue weighted by Gasteiger charge is 2.21. The van der Waals surface area contributed by atoms with E-state index < -0.39 is 5.82 Å². The molecule has 0 aliphatic rings. The minimum atomic E-state index is -0.460. The molecule has 4 aromatic rings. The summed E-state index contributed by atoms with van der Waals surface area (Å²) in [6, 6.07) is 10.6. The lowest BCUT2D eigenvalue weighted by Gasteiger charge is -2.19. The van der Waals surface area contributed by atoms with Crippen molar-refractivity contribution in [2.24, 2.45) is 0 Å². The van der Waals surface area contributed by atoms with Gasteiger partial charge in [-0.1, -0.05) is 38.3 Å². The van der Waals surface area contributed by atoms with Crippen molar-refractivity contribution in [1.82, 2.24) is 9.38 Å². The fraction of sp³-hybridized carbons (Fsp3) is 0.174. The molecule has 0 unspecified atom stereocenters. The van der Waals surface area contributed by atoms with Crippen LogP contribution in [0.2, 0.25) is 5.02 Å². The average molecular weight is 424 g/mol. The molecular formula is C23H19ClFN3S. The van der Waals surface area contributed by atoms with Gasteiger partial charge < -0.3 is 5.32 Å². The topological polar surface area (TPSA) is 29.3 Å². The first-order valence-corrected chi connectivity index (χ1v) is 10.3. The van der Waals surface area contributed by atoms with Crippen molar-refractivity contribution in [3.63, 3.8) is 0 Å². The number of benzene rings is 1. The fourth-order valence-electron chi connectivity index (χ4n) is 3.11. The number of thiophene rings is 1. The minimum absolute atomic E-state index is 0.00115. The van der Waals surface area contributed by atoms with Gasteiger partial charge in [-0.3, -0.25) is 4.40 Å². The lowest BCUT2D eigenvalue weighted by molar-refractivity contribution is 0.589. The van der Waals surface area contributed by atoms with Crippen LogP contribution in [-0.2, 0) is 5.41 Å². The molecule has 3 heterocycles. The van der Waals surface area contributed by atoms with Gasteiger partial charge in [0.2, 0.25) is 0 Å². The predicted octanol–water partition coefficient (Wildman–Crippen LogP) is 6.88. The summed E-state index contributed by atoms with van der Waals surface area (Å²) >= 11 is 7.51. The van der Waals surface area contributed by atoms with Gasteiger partial charge in [-0.25, -0.2) is 9.37 Å². The van der Waals surface area contributed by atoms with Crippen LogP contribution in [0.3, 0.4) is 0 Å². The van der Waals surface area contributed by atoms with Gasteiger partial charge in [0, 0.05) is 17.4 Å². The zero-order chi connectivity index (χ0) is 20.8. The molecule has 6 heteroatoms. The van der Waals surface area contributed by atoms with Gasteiger partial charge in [0.05, 0.1) is 9.90 Å². The van der Waals surface area contributed by atoms with Crippen LogP contribution in [0.1, 0.15) is 31.9 Å². The Bertz CT molecular complexity index is 1260. The van der Waals surface area contributed by atoms with E-state index in [1.165, 1.54) is 23.0 Å². The third kappa shape index (κ3) is 3.62. The molecule has 0 radical (unpaired) electrons. The Morgan fingerprint density at radius 1 is 1.21 bits per heavy atom. The molecular weight excluding hydrogens is 405 g/mol. The van der Waals surface area contributed by atoms with Crippen LogP contribution in [0, 0.1) is 18.2 Å². The van der Waals surface area contributed by atoms with Crippen molar-refractivity contribution in [3.05, 3.63) is 69.9 Å². The summed E-state index contributed by atoms with van der Waals surface area (Å²) in [5, 5.41) is 5.36. The molecule has 0 saturated heterocycles. The zero-order valence-corrected chi connectivity index (χ0v) is 17.8. The highest BCUT2D eigenvalue weighted by Crippen LogP contribution is 2.37. The van der Waals surface area contributed by atoms with Gasteiger partial charge in [-0.05, 0) is 52.8 Å². The van der Waals surface area contributed by atoms with Gasteiger partial charge in [-0.15, -0.1) is 17.8 Å². The number of fused-ring (bicyclic) bond motifs is 1. The summed E-state index contributed by atoms with van der Waals surface area (Å²) in [6.07, 6.45) is 7.68. The molecule has 0 spiro atoms. The van der Waals surface area contributed by atoms with Crippen LogP contribution in [0.5, 0.6) is 0 Å². The minimum Gasteiger partial charge on any atom is -0.339 e. The second-order valence-corrected chi connectivity index (χ2v) is 9.09. The van der Waals surface area contributed by atoms with Crippen LogP contribution in [0.15, 0.2) is 48.0 Å². The number of hydrogen-bond donors (Lipinski definition) is 1. The summed E-state index contributed by atoms with van der Waals surface area (Å²) in [5.74, 6) is 3.02. The van der Waals surface area contributed by atoms with Crippen molar-refractivity contribution in [1.29, 1.82) is 0 Å². The van der Waals surface area contributed by atoms with Crippen molar-refractivity contribution in [3.8, 4) is 22.9 Å². The van der Waals surface area contributed by atoms with Crippen LogP contribution in [0.4, 0.5) is 15.9 Å². The second-order valence-electron chi connectivity index (χ2n) is 7.76. The van der Waals surface area contributed by atoms with Crippen LogP contribution in [-0.4, -0.2) is 9.38 Å². The maximum absolute atomic E-state index is 13.6. The zero-order valence-electron chi connectivity index (χ0n) is 16.3. The molecule has 29 heavy (non-hydrogen) atoms. The van der Waals surface area contributed by atoms with Crippen molar-refractivity contribution in [2.45, 2.75) is 26.2 Å². The first kappa shape index (κ1) is 19.5. The lowest BCUT2D eigenvalue weighted by atomic mass is 9.88. The standard InChI is InChI=1S/C23H19ClFN3S/c1-5-14-9-11-29-21(14)20-22(26-16-6-7-18(25)17(24)13-16)28-10-8-15(23(2,3)4)12-19(28)27-20/h1,6-13,26H,2-4H3. The number of halogens is 2. The highest BCUT2D eigenvalue weighted by atomic mass is 35.5. The van der Waals surface area contributed by atoms with Gasteiger partial charge in [0.1, 0.15) is 23.0 Å². The number of hydrogen-bond acceptors (Lipinski definition) is 3. The molecule has 1 aromatic carbocycles. The van der Waals surface area contributed by atoms with Crippen LogP contribution in [0.25, 0.3) is 16.2 Å². The predicted molar refractivity (Wildman–Crippen MR) is 120 cm³/mol. The lowest BCUT2D eigenvalue weighted by Crippen LogP contribution is -2.11. The van der Waals surface area contributed by atoms with Gasteiger partial charge in [-0.2, -0.15) is 0 Å². The molecule has 3 nitrogen and oxygen atoms in total. The number of terminal acetylenes is 1. The van der Waals surface area contributed by atoms with E-state index in [2.05, 4.69) is 44.1 Å². The maximum atomic E-state index is 13.6. The monoisotopic (exact) mass is 423 g/mol. The molecule has 0 amide bonds. The third-order valence-corrected chi connectivity index (χ3v) is 5.92. The first-order valence-electron chi connectivity index (χ1n) is 9.07. The largest absolute Gasteiger partial charge is 0.339 e. The average Bonchev–Trinajstić information content (AvgIpc) is 3.28. The Morgan fingerprint density at radius 3 is 2.69 bits per heavy atom. The molecule has 1 N–H and O–H groups in total. The highest BCUT2D eigenvalue weighted by molar-refractivity contribution is 7.13. The number of anilines is 2. The number of rotatable bonds is 3. The van der Waals surface area contributed by atoms with E-state index >= 15 is 0 Å². The summed E-state index contributed by atoms with van der Waals surface area (Å²) in [4.78, 5) is 5.79. The van der Waals surface area contributed by atoms with E-state index in [0.717, 1.165) is 27.6 Å². The third-order valence-electron chi connectivity index (χ3n) is 4.71. The van der Waals surface area contributed by atoms with E-state index in [1.54, 1.807) is 12.1 Å². The Morgan fingerprint density at radius 2 is 2.00 bits per heavy atom. The van der Waals surface area contributed by atoms with Crippen LogP contribution < -0.4 is 5.32 Å². The molecule has 3 aromatic heterocycles. The molecule has 4 rings (SSSR count). The first-order chi connectivity index (χ1) is 13.8. The molecule has 0 aliphatic carbocycles. The van der Waals surface area contributed by atoms with Gasteiger partial charge in [0.15, 0.2) is 0 Å². The Balaban J connectivity index is 1.93. The normalized spacial score (nSPS) is 11.6. The van der Waals surface area contributed by atoms with Gasteiger partial charge >= 0.3 is 0 Å². The summed E-state index contributed by atoms with van der Waals surface area (Å²) < 4.78 is 15.6. The Hall–Kier alpha value is -2.81. The molecule has 0 bridgehead atoms. The summed E-state index contributed by atoms with van der Waals surface area (Å²) in [5.41, 5.74) is 4.19. The number of nitrogens with one attached hydrogen (secondary N) is 1. The number of imidazole rings is 1. The fourth-order valence-corrected chi connectivity index (χ4v) is 4.13. The van der Waals surface area contributed by atoms with Crippen molar-refractivity contribution < 1.29 is 4.39 Å². The van der Waals surface area contributed by atoms with E-state index in [9.17, 15) is 4.39 Å². The number of aromatic nitrogens is 2. The molecule has 0 atom stereocenters.